The number of benzene rings is 2. The normalized spacial score (nSPS) is 18.2. The Hall–Kier alpha value is -4.36. The fourth-order valence-electron chi connectivity index (χ4n) is 5.22. The molecule has 5 unspecified atom stereocenters. The number of likely N-dealkylation sites (tertiary alicyclic amines) is 1. The Morgan fingerprint density at radius 2 is 1.59 bits per heavy atom. The lowest BCUT2D eigenvalue weighted by Crippen LogP contribution is -2.56. The van der Waals surface area contributed by atoms with Crippen LogP contribution < -0.4 is 22.1 Å². The number of guanidine groups is 1. The van der Waals surface area contributed by atoms with Gasteiger partial charge in [0, 0.05) is 19.5 Å². The van der Waals surface area contributed by atoms with Gasteiger partial charge in [0.15, 0.2) is 5.96 Å². The molecule has 240 valence electrons. The standard InChI is InChI=1S/C31H44N6O7/c1-19-15-26(28(42)35-22(18-38)3-2-14-34-31(32)33)37(17-19)30(44)25(16-21-6-11-24(40)12-7-21)36-29(43)27(41)13-8-20-4-9-23(39)10-5-20/h4-7,9-12,19,22,25-27,38-41H,2-3,8,13-18H2,1H3,(H,35,42)(H,36,43)(H4,32,33,34). The number of carbonyl (C=O) groups excluding carboxylic acids is 3. The number of aromatic hydroxyl groups is 2. The topological polar surface area (TPSA) is 224 Å². The van der Waals surface area contributed by atoms with Crippen molar-refractivity contribution in [2.45, 2.75) is 69.7 Å². The predicted octanol–water partition coefficient (Wildman–Crippen LogP) is -0.113. The highest BCUT2D eigenvalue weighted by atomic mass is 16.3. The molecule has 1 aliphatic heterocycles. The lowest BCUT2D eigenvalue weighted by molar-refractivity contribution is -0.143. The van der Waals surface area contributed by atoms with Crippen LogP contribution in [0.15, 0.2) is 53.5 Å². The monoisotopic (exact) mass is 612 g/mol. The number of phenolic OH excluding ortho intramolecular Hbond substituents is 2. The number of carbonyl (C=O) groups is 3. The molecule has 2 aromatic rings. The largest absolute Gasteiger partial charge is 0.508 e. The highest BCUT2D eigenvalue weighted by Crippen LogP contribution is 2.25. The number of amides is 3. The van der Waals surface area contributed by atoms with Crippen LogP contribution in [-0.2, 0) is 27.2 Å². The summed E-state index contributed by atoms with van der Waals surface area (Å²) in [6.45, 7) is 2.26. The summed E-state index contributed by atoms with van der Waals surface area (Å²) >= 11 is 0. The molecular weight excluding hydrogens is 568 g/mol. The van der Waals surface area contributed by atoms with Gasteiger partial charge in [-0.1, -0.05) is 31.2 Å². The Morgan fingerprint density at radius 3 is 2.18 bits per heavy atom. The van der Waals surface area contributed by atoms with Crippen LogP contribution in [0.5, 0.6) is 11.5 Å². The van der Waals surface area contributed by atoms with E-state index < -0.39 is 42.0 Å². The second kappa shape index (κ2) is 16.5. The summed E-state index contributed by atoms with van der Waals surface area (Å²) in [5.74, 6) is -1.49. The second-order valence-corrected chi connectivity index (χ2v) is 11.3. The van der Waals surface area contributed by atoms with Crippen molar-refractivity contribution in [3.05, 3.63) is 59.7 Å². The quantitative estimate of drug-likeness (QED) is 0.0762. The third-order valence-electron chi connectivity index (χ3n) is 7.60. The van der Waals surface area contributed by atoms with E-state index in [0.29, 0.717) is 37.8 Å². The number of aryl methyl sites for hydroxylation is 1. The minimum Gasteiger partial charge on any atom is -0.508 e. The number of aliphatic imine (C=N–C) groups is 1. The molecule has 1 heterocycles. The number of aliphatic hydroxyl groups excluding tert-OH is 2. The summed E-state index contributed by atoms with van der Waals surface area (Å²) < 4.78 is 0. The summed E-state index contributed by atoms with van der Waals surface area (Å²) in [7, 11) is 0. The average Bonchev–Trinajstić information content (AvgIpc) is 3.40. The Bertz CT molecular complexity index is 1270. The summed E-state index contributed by atoms with van der Waals surface area (Å²) in [5, 5.41) is 45.1. The first-order valence-electron chi connectivity index (χ1n) is 14.8. The van der Waals surface area contributed by atoms with Crippen molar-refractivity contribution >= 4 is 23.7 Å². The van der Waals surface area contributed by atoms with E-state index >= 15 is 0 Å². The Labute approximate surface area is 257 Å². The SMILES string of the molecule is CC1CC(C(=O)NC(CO)CCCN=C(N)N)N(C(=O)C(Cc2ccc(O)cc2)NC(=O)C(O)CCc2ccc(O)cc2)C1. The third kappa shape index (κ3) is 10.4. The first kappa shape index (κ1) is 34.1. The summed E-state index contributed by atoms with van der Waals surface area (Å²) in [5.41, 5.74) is 12.2. The van der Waals surface area contributed by atoms with Gasteiger partial charge in [0.1, 0.15) is 29.7 Å². The lowest BCUT2D eigenvalue weighted by Gasteiger charge is -2.30. The number of nitrogens with zero attached hydrogens (tertiary/aromatic N) is 2. The molecule has 0 aromatic heterocycles. The molecule has 13 nitrogen and oxygen atoms in total. The van der Waals surface area contributed by atoms with Crippen molar-refractivity contribution in [2.75, 3.05) is 19.7 Å². The number of phenols is 2. The van der Waals surface area contributed by atoms with Crippen LogP contribution in [0.2, 0.25) is 0 Å². The van der Waals surface area contributed by atoms with E-state index in [1.54, 1.807) is 24.3 Å². The zero-order valence-corrected chi connectivity index (χ0v) is 24.9. The molecule has 0 bridgehead atoms. The van der Waals surface area contributed by atoms with E-state index in [1.165, 1.54) is 29.2 Å². The molecule has 0 radical (unpaired) electrons. The first-order chi connectivity index (χ1) is 21.0. The molecule has 44 heavy (non-hydrogen) atoms. The zero-order chi connectivity index (χ0) is 32.2. The minimum absolute atomic E-state index is 0.00469. The van der Waals surface area contributed by atoms with Gasteiger partial charge in [0.25, 0.3) is 0 Å². The molecular formula is C31H44N6O7. The zero-order valence-electron chi connectivity index (χ0n) is 24.9. The van der Waals surface area contributed by atoms with E-state index in [1.807, 2.05) is 6.92 Å². The number of rotatable bonds is 15. The molecule has 13 heteroatoms. The van der Waals surface area contributed by atoms with E-state index in [0.717, 1.165) is 5.56 Å². The second-order valence-electron chi connectivity index (χ2n) is 11.3. The van der Waals surface area contributed by atoms with Crippen LogP contribution in [0, 0.1) is 5.92 Å². The molecule has 2 aromatic carbocycles. The molecule has 0 saturated carbocycles. The fourth-order valence-corrected chi connectivity index (χ4v) is 5.22. The van der Waals surface area contributed by atoms with Crippen LogP contribution in [0.25, 0.3) is 0 Å². The van der Waals surface area contributed by atoms with E-state index in [9.17, 15) is 34.8 Å². The van der Waals surface area contributed by atoms with Crippen LogP contribution in [0.1, 0.15) is 43.7 Å². The summed E-state index contributed by atoms with van der Waals surface area (Å²) in [4.78, 5) is 45.7. The van der Waals surface area contributed by atoms with Gasteiger partial charge in [0.2, 0.25) is 17.7 Å². The highest BCUT2D eigenvalue weighted by molar-refractivity contribution is 5.93. The van der Waals surface area contributed by atoms with E-state index in [2.05, 4.69) is 15.6 Å². The van der Waals surface area contributed by atoms with Gasteiger partial charge < -0.3 is 47.4 Å². The van der Waals surface area contributed by atoms with Crippen LogP contribution >= 0.6 is 0 Å². The molecule has 5 atom stereocenters. The van der Waals surface area contributed by atoms with Gasteiger partial charge in [-0.3, -0.25) is 19.4 Å². The fraction of sp³-hybridized carbons (Fsp3) is 0.484. The molecule has 3 rings (SSSR count). The van der Waals surface area contributed by atoms with Gasteiger partial charge in [0.05, 0.1) is 12.6 Å². The summed E-state index contributed by atoms with van der Waals surface area (Å²) in [6.07, 6.45) is 0.487. The number of nitrogens with two attached hydrogens (primary N) is 2. The first-order valence-corrected chi connectivity index (χ1v) is 14.8. The van der Waals surface area contributed by atoms with Crippen LogP contribution in [0.4, 0.5) is 0 Å². The number of aliphatic hydroxyl groups is 2. The Balaban J connectivity index is 1.72. The average molecular weight is 613 g/mol. The smallest absolute Gasteiger partial charge is 0.249 e. The molecule has 0 spiro atoms. The Morgan fingerprint density at radius 1 is 0.977 bits per heavy atom. The van der Waals surface area contributed by atoms with Crippen molar-refractivity contribution in [3.63, 3.8) is 0 Å². The van der Waals surface area contributed by atoms with E-state index in [4.69, 9.17) is 11.5 Å². The number of hydrogen-bond acceptors (Lipinski definition) is 8. The summed E-state index contributed by atoms with van der Waals surface area (Å²) in [6, 6.07) is 10.2. The third-order valence-corrected chi connectivity index (χ3v) is 7.60. The molecule has 3 amide bonds. The molecule has 1 saturated heterocycles. The van der Waals surface area contributed by atoms with Crippen LogP contribution in [0.3, 0.4) is 0 Å². The molecule has 10 N–H and O–H groups in total. The molecule has 1 fully saturated rings. The number of hydrogen-bond donors (Lipinski definition) is 8. The van der Waals surface area contributed by atoms with Crippen LogP contribution in [-0.4, -0.2) is 92.9 Å². The van der Waals surface area contributed by atoms with Crippen molar-refractivity contribution in [1.82, 2.24) is 15.5 Å². The predicted molar refractivity (Wildman–Crippen MR) is 164 cm³/mol. The maximum absolute atomic E-state index is 14.0. The molecule has 1 aliphatic rings. The van der Waals surface area contributed by atoms with Gasteiger partial charge in [-0.2, -0.15) is 0 Å². The molecule has 0 aliphatic carbocycles. The lowest BCUT2D eigenvalue weighted by atomic mass is 10.0. The number of nitrogens with one attached hydrogen (secondary N) is 2. The maximum Gasteiger partial charge on any atom is 0.249 e. The minimum atomic E-state index is -1.40. The van der Waals surface area contributed by atoms with Crippen molar-refractivity contribution < 1.29 is 34.8 Å². The van der Waals surface area contributed by atoms with Crippen molar-refractivity contribution in [3.8, 4) is 11.5 Å². The van der Waals surface area contributed by atoms with Gasteiger partial charge in [-0.15, -0.1) is 0 Å². The van der Waals surface area contributed by atoms with E-state index in [-0.39, 0.29) is 49.4 Å². The highest BCUT2D eigenvalue weighted by Gasteiger charge is 2.41. The van der Waals surface area contributed by atoms with Gasteiger partial charge in [-0.05, 0) is 73.4 Å². The van der Waals surface area contributed by atoms with Gasteiger partial charge >= 0.3 is 0 Å². The van der Waals surface area contributed by atoms with Crippen molar-refractivity contribution in [2.24, 2.45) is 22.4 Å². The van der Waals surface area contributed by atoms with Crippen molar-refractivity contribution in [1.29, 1.82) is 0 Å². The Kier molecular flexibility index (Phi) is 12.8. The van der Waals surface area contributed by atoms with Gasteiger partial charge in [-0.25, -0.2) is 0 Å². The maximum atomic E-state index is 14.0.